The van der Waals surface area contributed by atoms with Gasteiger partial charge >= 0.3 is 0 Å². The lowest BCUT2D eigenvalue weighted by Crippen LogP contribution is -2.52. The molecule has 1 N–H and O–H groups in total. The van der Waals surface area contributed by atoms with Crippen molar-refractivity contribution < 1.29 is 4.79 Å². The van der Waals surface area contributed by atoms with Gasteiger partial charge in [-0.05, 0) is 37.0 Å². The first-order valence-corrected chi connectivity index (χ1v) is 8.45. The van der Waals surface area contributed by atoms with E-state index in [9.17, 15) is 4.79 Å². The fraction of sp³-hybridized carbons (Fsp3) is 0.941. The molecule has 3 atom stereocenters. The third-order valence-corrected chi connectivity index (χ3v) is 5.17. The van der Waals surface area contributed by atoms with Crippen molar-refractivity contribution >= 4 is 5.91 Å². The molecule has 116 valence electrons. The molecule has 1 amide bonds. The van der Waals surface area contributed by atoms with Crippen molar-refractivity contribution in [3.05, 3.63) is 0 Å². The average Bonchev–Trinajstić information content (AvgIpc) is 2.65. The predicted octanol–water partition coefficient (Wildman–Crippen LogP) is 3.54. The first-order chi connectivity index (χ1) is 9.36. The Kier molecular flexibility index (Phi) is 4.78. The largest absolute Gasteiger partial charge is 0.322 e. The Balaban J connectivity index is 2.22. The van der Waals surface area contributed by atoms with Gasteiger partial charge < -0.3 is 4.90 Å². The van der Waals surface area contributed by atoms with Gasteiger partial charge in [-0.1, -0.05) is 47.5 Å². The van der Waals surface area contributed by atoms with E-state index in [4.69, 9.17) is 0 Å². The van der Waals surface area contributed by atoms with E-state index in [1.807, 2.05) is 0 Å². The lowest BCUT2D eigenvalue weighted by atomic mass is 9.72. The van der Waals surface area contributed by atoms with Crippen LogP contribution in [0.25, 0.3) is 0 Å². The van der Waals surface area contributed by atoms with Crippen LogP contribution in [-0.2, 0) is 4.79 Å². The summed E-state index contributed by atoms with van der Waals surface area (Å²) in [6.45, 7) is 11.3. The molecule has 1 aliphatic carbocycles. The Morgan fingerprint density at radius 1 is 1.35 bits per heavy atom. The van der Waals surface area contributed by atoms with Gasteiger partial charge in [0.15, 0.2) is 0 Å². The molecule has 0 radical (unpaired) electrons. The van der Waals surface area contributed by atoms with Crippen molar-refractivity contribution in [2.75, 3.05) is 0 Å². The zero-order valence-electron chi connectivity index (χ0n) is 13.9. The first kappa shape index (κ1) is 15.8. The topological polar surface area (TPSA) is 32.3 Å². The first-order valence-electron chi connectivity index (χ1n) is 8.45. The molecule has 0 bridgehead atoms. The molecule has 1 saturated carbocycles. The lowest BCUT2D eigenvalue weighted by molar-refractivity contribution is -0.136. The van der Waals surface area contributed by atoms with Crippen molar-refractivity contribution in [2.45, 2.75) is 91.4 Å². The summed E-state index contributed by atoms with van der Waals surface area (Å²) in [7, 11) is 0. The molecule has 2 aliphatic rings. The number of carbonyl (C=O) groups is 1. The van der Waals surface area contributed by atoms with Gasteiger partial charge in [0, 0.05) is 6.04 Å². The smallest absolute Gasteiger partial charge is 0.241 e. The van der Waals surface area contributed by atoms with E-state index in [0.717, 1.165) is 12.8 Å². The van der Waals surface area contributed by atoms with E-state index < -0.39 is 0 Å². The van der Waals surface area contributed by atoms with Crippen molar-refractivity contribution in [2.24, 2.45) is 11.3 Å². The van der Waals surface area contributed by atoms with Crippen LogP contribution in [0.4, 0.5) is 0 Å². The van der Waals surface area contributed by atoms with E-state index >= 15 is 0 Å². The maximum Gasteiger partial charge on any atom is 0.241 e. The number of amides is 1. The molecule has 0 aromatic rings. The van der Waals surface area contributed by atoms with Crippen molar-refractivity contribution in [3.8, 4) is 0 Å². The van der Waals surface area contributed by atoms with Gasteiger partial charge in [-0.15, -0.1) is 0 Å². The zero-order valence-corrected chi connectivity index (χ0v) is 13.9. The molecule has 0 aromatic carbocycles. The molecular formula is C17H32N2O. The predicted molar refractivity (Wildman–Crippen MR) is 83.3 cm³/mol. The molecule has 1 aliphatic heterocycles. The fourth-order valence-corrected chi connectivity index (χ4v) is 4.00. The second kappa shape index (κ2) is 6.05. The Morgan fingerprint density at radius 2 is 2.05 bits per heavy atom. The molecular weight excluding hydrogens is 248 g/mol. The van der Waals surface area contributed by atoms with E-state index in [2.05, 4.69) is 44.8 Å². The summed E-state index contributed by atoms with van der Waals surface area (Å²) >= 11 is 0. The Labute approximate surface area is 124 Å². The maximum absolute atomic E-state index is 12.8. The molecule has 2 rings (SSSR count). The van der Waals surface area contributed by atoms with Crippen LogP contribution in [0, 0.1) is 11.3 Å². The van der Waals surface area contributed by atoms with Gasteiger partial charge in [-0.2, -0.15) is 0 Å². The SMILES string of the molecule is CCC1NC(CC(C)C)N(C2CCCCC2(C)C)C1=O. The van der Waals surface area contributed by atoms with Crippen molar-refractivity contribution in [3.63, 3.8) is 0 Å². The Hall–Kier alpha value is -0.570. The fourth-order valence-electron chi connectivity index (χ4n) is 4.00. The minimum absolute atomic E-state index is 0.0384. The second-order valence-corrected chi connectivity index (χ2v) is 7.77. The van der Waals surface area contributed by atoms with E-state index in [1.54, 1.807) is 0 Å². The van der Waals surface area contributed by atoms with Crippen molar-refractivity contribution in [1.82, 2.24) is 10.2 Å². The summed E-state index contributed by atoms with van der Waals surface area (Å²) in [5.74, 6) is 0.961. The summed E-state index contributed by atoms with van der Waals surface area (Å²) in [6, 6.07) is 0.452. The number of carbonyl (C=O) groups excluding carboxylic acids is 1. The molecule has 0 aromatic heterocycles. The highest BCUT2D eigenvalue weighted by Gasteiger charge is 2.47. The van der Waals surface area contributed by atoms with Gasteiger partial charge in [0.1, 0.15) is 0 Å². The highest BCUT2D eigenvalue weighted by Crippen LogP contribution is 2.41. The molecule has 3 heteroatoms. The van der Waals surface area contributed by atoms with Gasteiger partial charge in [0.2, 0.25) is 5.91 Å². The van der Waals surface area contributed by atoms with Gasteiger partial charge in [0.05, 0.1) is 12.2 Å². The van der Waals surface area contributed by atoms with Crippen LogP contribution in [0.15, 0.2) is 0 Å². The average molecular weight is 280 g/mol. The van der Waals surface area contributed by atoms with Crippen LogP contribution in [0.1, 0.15) is 73.1 Å². The van der Waals surface area contributed by atoms with Crippen LogP contribution in [0.3, 0.4) is 0 Å². The molecule has 3 unspecified atom stereocenters. The Bertz CT molecular complexity index is 351. The molecule has 0 spiro atoms. The number of hydrogen-bond acceptors (Lipinski definition) is 2. The van der Waals surface area contributed by atoms with E-state index in [0.29, 0.717) is 17.9 Å². The maximum atomic E-state index is 12.8. The molecule has 1 saturated heterocycles. The lowest BCUT2D eigenvalue weighted by Gasteiger charge is -2.46. The van der Waals surface area contributed by atoms with Gasteiger partial charge in [-0.3, -0.25) is 10.1 Å². The molecule has 2 fully saturated rings. The summed E-state index contributed by atoms with van der Waals surface area (Å²) in [5, 5.41) is 3.58. The number of nitrogens with one attached hydrogen (secondary N) is 1. The van der Waals surface area contributed by atoms with E-state index in [-0.39, 0.29) is 17.6 Å². The normalized spacial score (nSPS) is 34.0. The minimum Gasteiger partial charge on any atom is -0.322 e. The number of nitrogens with zero attached hydrogens (tertiary/aromatic N) is 1. The number of hydrogen-bond donors (Lipinski definition) is 1. The molecule has 1 heterocycles. The van der Waals surface area contributed by atoms with Crippen LogP contribution in [0.5, 0.6) is 0 Å². The third-order valence-electron chi connectivity index (χ3n) is 5.17. The second-order valence-electron chi connectivity index (χ2n) is 7.77. The third kappa shape index (κ3) is 3.03. The highest BCUT2D eigenvalue weighted by molar-refractivity contribution is 5.84. The summed E-state index contributed by atoms with van der Waals surface area (Å²) in [6.07, 6.45) is 7.20. The standard InChI is InChI=1S/C17H32N2O/c1-6-13-16(20)19(15(18-13)11-12(2)3)14-9-7-8-10-17(14,4)5/h12-15,18H,6-11H2,1-5H3. The highest BCUT2D eigenvalue weighted by atomic mass is 16.2. The zero-order chi connectivity index (χ0) is 14.9. The quantitative estimate of drug-likeness (QED) is 0.854. The summed E-state index contributed by atoms with van der Waals surface area (Å²) in [5.41, 5.74) is 0.257. The Morgan fingerprint density at radius 3 is 2.60 bits per heavy atom. The molecule has 3 nitrogen and oxygen atoms in total. The number of rotatable bonds is 4. The summed E-state index contributed by atoms with van der Waals surface area (Å²) in [4.78, 5) is 15.0. The van der Waals surface area contributed by atoms with Gasteiger partial charge in [0.25, 0.3) is 0 Å². The van der Waals surface area contributed by atoms with Crippen LogP contribution in [-0.4, -0.2) is 29.1 Å². The monoisotopic (exact) mass is 280 g/mol. The molecule has 20 heavy (non-hydrogen) atoms. The summed E-state index contributed by atoms with van der Waals surface area (Å²) < 4.78 is 0. The van der Waals surface area contributed by atoms with Crippen LogP contribution in [0.2, 0.25) is 0 Å². The minimum atomic E-state index is 0.0384. The van der Waals surface area contributed by atoms with E-state index in [1.165, 1.54) is 25.7 Å². The van der Waals surface area contributed by atoms with Crippen molar-refractivity contribution in [1.29, 1.82) is 0 Å². The van der Waals surface area contributed by atoms with Crippen LogP contribution >= 0.6 is 0 Å². The van der Waals surface area contributed by atoms with Gasteiger partial charge in [-0.25, -0.2) is 0 Å². The van der Waals surface area contributed by atoms with Crippen LogP contribution < -0.4 is 5.32 Å².